The summed E-state index contributed by atoms with van der Waals surface area (Å²) in [5.41, 5.74) is -2.00. The van der Waals surface area contributed by atoms with Gasteiger partial charge in [-0.05, 0) is 90.0 Å². The van der Waals surface area contributed by atoms with E-state index in [1.54, 1.807) is 88.4 Å². The Balaban J connectivity index is 0.000000199. The number of hydrogen-bond acceptors (Lipinski definition) is 5. The van der Waals surface area contributed by atoms with Crippen molar-refractivity contribution in [3.63, 3.8) is 0 Å². The number of aliphatic hydroxyl groups is 2. The number of ether oxygens (including phenoxy) is 1. The highest BCUT2D eigenvalue weighted by Crippen LogP contribution is 2.47. The van der Waals surface area contributed by atoms with Crippen LogP contribution in [0, 0.1) is 6.92 Å². The van der Waals surface area contributed by atoms with Crippen LogP contribution in [0.3, 0.4) is 0 Å². The van der Waals surface area contributed by atoms with Crippen molar-refractivity contribution in [2.24, 2.45) is 0 Å². The number of benzene rings is 4. The van der Waals surface area contributed by atoms with Gasteiger partial charge in [-0.25, -0.2) is 0 Å². The quantitative estimate of drug-likeness (QED) is 0.135. The average molecular weight is 817 g/mol. The summed E-state index contributed by atoms with van der Waals surface area (Å²) >= 11 is 0. The Labute approximate surface area is 341 Å². The van der Waals surface area contributed by atoms with E-state index in [0.29, 0.717) is 50.9 Å². The molecule has 3 heterocycles. The second kappa shape index (κ2) is 16.6. The number of hydrogen-bond donors (Lipinski definition) is 2. The van der Waals surface area contributed by atoms with Gasteiger partial charge in [0.1, 0.15) is 5.75 Å². The minimum atomic E-state index is -4.80. The second-order valence-electron chi connectivity index (χ2n) is 17.1. The molecule has 11 heteroatoms. The Bertz CT molecular complexity index is 2380. The lowest BCUT2D eigenvalue weighted by atomic mass is 9.72. The van der Waals surface area contributed by atoms with Crippen molar-refractivity contribution in [2.75, 3.05) is 6.61 Å². The molecule has 1 aliphatic rings. The molecule has 312 valence electrons. The van der Waals surface area contributed by atoms with Crippen molar-refractivity contribution in [3.8, 4) is 5.75 Å². The van der Waals surface area contributed by atoms with Crippen LogP contribution in [-0.2, 0) is 30.1 Å². The van der Waals surface area contributed by atoms with E-state index in [4.69, 9.17) is 4.74 Å². The third kappa shape index (κ3) is 9.57. The fourth-order valence-electron chi connectivity index (χ4n) is 8.36. The minimum Gasteiger partial charge on any atom is -0.493 e. The highest BCUT2D eigenvalue weighted by Gasteiger charge is 2.57. The standard InChI is InChI=1S/C25H26F3NO2.C23H24F3NO/c1-23(2,20-10-5-7-17-8-6-14-31-22(17)20)16-24(30,25(26,27)28)15-18-12-13-29-21-11-4-3-9-19(18)21;1-16-8-10-18(11-9-16)21(2,3)15-22(28,23(24,25)26)14-17-12-13-27-20-7-5-4-6-19(17)20/h3-5,7,9-13,30H,6,8,14-16H2,1-2H3;4-13,28H,14-15H2,1-3H3. The van der Waals surface area contributed by atoms with Crippen LogP contribution in [0.15, 0.2) is 116 Å². The summed E-state index contributed by atoms with van der Waals surface area (Å²) in [7, 11) is 0. The van der Waals surface area contributed by atoms with Crippen molar-refractivity contribution in [1.82, 2.24) is 9.97 Å². The first-order chi connectivity index (χ1) is 27.6. The van der Waals surface area contributed by atoms with E-state index in [0.717, 1.165) is 29.5 Å². The molecule has 0 spiro atoms. The zero-order chi connectivity index (χ0) is 42.9. The van der Waals surface area contributed by atoms with Crippen LogP contribution in [0.5, 0.6) is 5.75 Å². The number of alkyl halides is 6. The molecular formula is C48H50F6N2O3. The Kier molecular flexibility index (Phi) is 12.2. The molecule has 1 aliphatic heterocycles. The highest BCUT2D eigenvalue weighted by atomic mass is 19.4. The lowest BCUT2D eigenvalue weighted by molar-refractivity contribution is -0.266. The maximum absolute atomic E-state index is 14.3. The monoisotopic (exact) mass is 816 g/mol. The molecule has 6 aromatic rings. The zero-order valence-corrected chi connectivity index (χ0v) is 33.9. The Hall–Kier alpha value is -5.00. The molecule has 2 unspecified atom stereocenters. The number of para-hydroxylation sites is 3. The van der Waals surface area contributed by atoms with Gasteiger partial charge in [-0.15, -0.1) is 0 Å². The van der Waals surface area contributed by atoms with Gasteiger partial charge in [-0.3, -0.25) is 9.97 Å². The maximum Gasteiger partial charge on any atom is 0.417 e. The first kappa shape index (κ1) is 43.6. The minimum absolute atomic E-state index is 0.424. The van der Waals surface area contributed by atoms with Gasteiger partial charge in [0.2, 0.25) is 0 Å². The van der Waals surface area contributed by atoms with Crippen LogP contribution in [0.4, 0.5) is 26.3 Å². The fraction of sp³-hybridized carbons (Fsp3) is 0.375. The first-order valence-electron chi connectivity index (χ1n) is 19.7. The predicted octanol–water partition coefficient (Wildman–Crippen LogP) is 11.5. The molecule has 7 rings (SSSR count). The number of nitrogens with zero attached hydrogens (tertiary/aromatic N) is 2. The zero-order valence-electron chi connectivity index (χ0n) is 33.9. The van der Waals surface area contributed by atoms with Crippen LogP contribution in [0.1, 0.15) is 80.3 Å². The number of rotatable bonds is 10. The van der Waals surface area contributed by atoms with Gasteiger partial charge in [0.05, 0.1) is 17.6 Å². The largest absolute Gasteiger partial charge is 0.493 e. The van der Waals surface area contributed by atoms with Gasteiger partial charge in [-0.2, -0.15) is 26.3 Å². The van der Waals surface area contributed by atoms with Gasteiger partial charge in [0.15, 0.2) is 11.2 Å². The molecule has 0 bridgehead atoms. The molecule has 2 N–H and O–H groups in total. The van der Waals surface area contributed by atoms with Crippen LogP contribution in [-0.4, -0.2) is 50.3 Å². The SMILES string of the molecule is CC(C)(CC(O)(Cc1ccnc2ccccc12)C(F)(F)F)c1cccc2c1OCCC2.Cc1ccc(C(C)(C)CC(O)(Cc2ccnc3ccccc23)C(F)(F)F)cc1. The van der Waals surface area contributed by atoms with E-state index in [1.807, 2.05) is 49.4 Å². The molecule has 2 atom stereocenters. The topological polar surface area (TPSA) is 75.5 Å². The molecular weight excluding hydrogens is 767 g/mol. The van der Waals surface area contributed by atoms with Crippen molar-refractivity contribution in [3.05, 3.63) is 149 Å². The van der Waals surface area contributed by atoms with Crippen molar-refractivity contribution < 1.29 is 41.3 Å². The fourth-order valence-corrected chi connectivity index (χ4v) is 8.36. The normalized spacial score (nSPS) is 15.7. The van der Waals surface area contributed by atoms with E-state index in [1.165, 1.54) is 12.4 Å². The Morgan fingerprint density at radius 3 is 1.59 bits per heavy atom. The van der Waals surface area contributed by atoms with Gasteiger partial charge in [-0.1, -0.05) is 112 Å². The molecule has 2 aromatic heterocycles. The van der Waals surface area contributed by atoms with E-state index in [-0.39, 0.29) is 0 Å². The molecule has 0 saturated heterocycles. The van der Waals surface area contributed by atoms with Crippen LogP contribution >= 0.6 is 0 Å². The van der Waals surface area contributed by atoms with Crippen LogP contribution in [0.2, 0.25) is 0 Å². The lowest BCUT2D eigenvalue weighted by Gasteiger charge is -2.39. The number of pyridine rings is 2. The summed E-state index contributed by atoms with van der Waals surface area (Å²) in [6.07, 6.45) is -6.86. The summed E-state index contributed by atoms with van der Waals surface area (Å²) in [4.78, 5) is 8.43. The third-order valence-electron chi connectivity index (χ3n) is 11.5. The molecule has 0 saturated carbocycles. The first-order valence-corrected chi connectivity index (χ1v) is 19.7. The molecule has 0 amide bonds. The lowest BCUT2D eigenvalue weighted by Crippen LogP contribution is -2.51. The smallest absolute Gasteiger partial charge is 0.417 e. The summed E-state index contributed by atoms with van der Waals surface area (Å²) in [6, 6.07) is 30.2. The van der Waals surface area contributed by atoms with Gasteiger partial charge < -0.3 is 14.9 Å². The summed E-state index contributed by atoms with van der Waals surface area (Å²) in [6.45, 7) is 9.42. The number of aryl methyl sites for hydroxylation is 2. The molecule has 4 aromatic carbocycles. The molecule has 0 radical (unpaired) electrons. The van der Waals surface area contributed by atoms with E-state index >= 15 is 0 Å². The summed E-state index contributed by atoms with van der Waals surface area (Å²) < 4.78 is 90.8. The van der Waals surface area contributed by atoms with Crippen molar-refractivity contribution in [1.29, 1.82) is 0 Å². The average Bonchev–Trinajstić information content (AvgIpc) is 3.17. The van der Waals surface area contributed by atoms with Crippen molar-refractivity contribution >= 4 is 21.8 Å². The van der Waals surface area contributed by atoms with Gasteiger partial charge in [0, 0.05) is 41.6 Å². The van der Waals surface area contributed by atoms with E-state index in [9.17, 15) is 36.6 Å². The molecule has 59 heavy (non-hydrogen) atoms. The summed E-state index contributed by atoms with van der Waals surface area (Å²) in [5.74, 6) is 0.664. The van der Waals surface area contributed by atoms with Crippen molar-refractivity contribution in [2.45, 2.75) is 108 Å². The molecule has 0 aliphatic carbocycles. The highest BCUT2D eigenvalue weighted by molar-refractivity contribution is 5.82. The van der Waals surface area contributed by atoms with Gasteiger partial charge >= 0.3 is 12.4 Å². The summed E-state index contributed by atoms with van der Waals surface area (Å²) in [5, 5.41) is 23.2. The maximum atomic E-state index is 14.3. The number of halogens is 6. The Morgan fingerprint density at radius 2 is 1.08 bits per heavy atom. The van der Waals surface area contributed by atoms with Gasteiger partial charge in [0.25, 0.3) is 0 Å². The number of aromatic nitrogens is 2. The Morgan fingerprint density at radius 1 is 0.593 bits per heavy atom. The second-order valence-corrected chi connectivity index (χ2v) is 17.1. The van der Waals surface area contributed by atoms with E-state index in [2.05, 4.69) is 9.97 Å². The van der Waals surface area contributed by atoms with Crippen LogP contribution in [0.25, 0.3) is 21.8 Å². The van der Waals surface area contributed by atoms with Crippen LogP contribution < -0.4 is 4.74 Å². The molecule has 5 nitrogen and oxygen atoms in total. The number of fused-ring (bicyclic) bond motifs is 3. The molecule has 0 fully saturated rings. The predicted molar refractivity (Wildman–Crippen MR) is 220 cm³/mol. The third-order valence-corrected chi connectivity index (χ3v) is 11.5. The van der Waals surface area contributed by atoms with E-state index < -0.39 is 60.1 Å².